The van der Waals surface area contributed by atoms with Crippen LogP contribution in [0.5, 0.6) is 0 Å². The van der Waals surface area contributed by atoms with Crippen LogP contribution in [0.15, 0.2) is 24.8 Å². The van der Waals surface area contributed by atoms with Gasteiger partial charge in [-0.15, -0.1) is 0 Å². The molecule has 2 amide bonds. The van der Waals surface area contributed by atoms with Gasteiger partial charge in [-0.1, -0.05) is 0 Å². The number of rotatable bonds is 8. The van der Waals surface area contributed by atoms with Gasteiger partial charge in [-0.25, -0.2) is 14.8 Å². The summed E-state index contributed by atoms with van der Waals surface area (Å²) >= 11 is 0. The van der Waals surface area contributed by atoms with Crippen LogP contribution in [-0.2, 0) is 12.8 Å². The summed E-state index contributed by atoms with van der Waals surface area (Å²) in [6, 6.07) is -0.527. The quantitative estimate of drug-likeness (QED) is 0.716. The summed E-state index contributed by atoms with van der Waals surface area (Å²) in [7, 11) is 0. The second-order valence-corrected chi connectivity index (χ2v) is 4.74. The molecule has 0 saturated carbocycles. The van der Waals surface area contributed by atoms with Crippen LogP contribution in [-0.4, -0.2) is 38.2 Å². The lowest BCUT2D eigenvalue weighted by molar-refractivity contribution is 0.0665. The number of carbonyl (C=O) groups is 1. The van der Waals surface area contributed by atoms with Gasteiger partial charge < -0.3 is 10.6 Å². The van der Waals surface area contributed by atoms with Gasteiger partial charge in [-0.3, -0.25) is 9.13 Å². The van der Waals surface area contributed by atoms with Gasteiger partial charge in [0.15, 0.2) is 0 Å². The van der Waals surface area contributed by atoms with Gasteiger partial charge in [0.05, 0.1) is 0 Å². The minimum absolute atomic E-state index is 0.112. The molecule has 0 radical (unpaired) electrons. The Morgan fingerprint density at radius 3 is 1.71 bits per heavy atom. The molecule has 0 spiro atoms. The van der Waals surface area contributed by atoms with E-state index in [4.69, 9.17) is 0 Å². The van der Waals surface area contributed by atoms with Gasteiger partial charge in [0.2, 0.25) is 0 Å². The van der Waals surface area contributed by atoms with Gasteiger partial charge in [-0.05, 0) is 0 Å². The zero-order chi connectivity index (χ0) is 17.5. The van der Waals surface area contributed by atoms with E-state index < -0.39 is 19.1 Å². The third kappa shape index (κ3) is 4.70. The van der Waals surface area contributed by atoms with Crippen molar-refractivity contribution in [1.82, 2.24) is 29.7 Å². The maximum absolute atomic E-state index is 12.6. The fourth-order valence-corrected chi connectivity index (χ4v) is 2.07. The number of hydrogen-bond donors (Lipinski definition) is 2. The summed E-state index contributed by atoms with van der Waals surface area (Å²) in [4.78, 5) is 19.1. The lowest BCUT2D eigenvalue weighted by Gasteiger charge is -2.09. The molecule has 0 aliphatic rings. The average molecular weight is 348 g/mol. The Morgan fingerprint density at radius 2 is 1.33 bits per heavy atom. The molecule has 0 aliphatic heterocycles. The summed E-state index contributed by atoms with van der Waals surface area (Å²) in [5.74, 6) is 0.313. The van der Waals surface area contributed by atoms with Gasteiger partial charge in [0, 0.05) is 50.7 Å². The zero-order valence-electron chi connectivity index (χ0n) is 12.5. The molecule has 0 atom stereocenters. The SMILES string of the molecule is O=C(NCCc1nccn1C(F)F)NCCc1nccn1C(F)F. The maximum atomic E-state index is 12.6. The molecule has 2 aromatic heterocycles. The van der Waals surface area contributed by atoms with Gasteiger partial charge >= 0.3 is 19.1 Å². The van der Waals surface area contributed by atoms with E-state index in [1.807, 2.05) is 0 Å². The highest BCUT2D eigenvalue weighted by atomic mass is 19.3. The number of imidazole rings is 2. The molecule has 2 N–H and O–H groups in total. The van der Waals surface area contributed by atoms with E-state index in [0.717, 1.165) is 12.4 Å². The number of halogens is 4. The van der Waals surface area contributed by atoms with Crippen molar-refractivity contribution in [2.45, 2.75) is 25.9 Å². The predicted octanol–water partition coefficient (Wildman–Crippen LogP) is 1.95. The normalized spacial score (nSPS) is 11.2. The van der Waals surface area contributed by atoms with Crippen LogP contribution < -0.4 is 10.6 Å². The number of nitrogens with zero attached hydrogens (tertiary/aromatic N) is 4. The molecule has 2 rings (SSSR count). The molecule has 11 heteroatoms. The minimum atomic E-state index is -2.69. The maximum Gasteiger partial charge on any atom is 0.319 e. The van der Waals surface area contributed by atoms with Crippen molar-refractivity contribution in [3.05, 3.63) is 36.4 Å². The van der Waals surface area contributed by atoms with Crippen LogP contribution in [0, 0.1) is 0 Å². The summed E-state index contributed by atoms with van der Waals surface area (Å²) in [5.41, 5.74) is 0. The number of aromatic nitrogens is 4. The monoisotopic (exact) mass is 348 g/mol. The lowest BCUT2D eigenvalue weighted by Crippen LogP contribution is -2.38. The van der Waals surface area contributed by atoms with E-state index in [2.05, 4.69) is 20.6 Å². The van der Waals surface area contributed by atoms with Crippen molar-refractivity contribution in [3.8, 4) is 0 Å². The van der Waals surface area contributed by atoms with E-state index in [1.165, 1.54) is 12.4 Å². The summed E-state index contributed by atoms with van der Waals surface area (Å²) in [5, 5.41) is 4.96. The Morgan fingerprint density at radius 1 is 0.917 bits per heavy atom. The van der Waals surface area contributed by atoms with E-state index >= 15 is 0 Å². The molecule has 2 heterocycles. The first-order valence-corrected chi connectivity index (χ1v) is 7.10. The Balaban J connectivity index is 1.68. The van der Waals surface area contributed by atoms with Crippen molar-refractivity contribution in [1.29, 1.82) is 0 Å². The van der Waals surface area contributed by atoms with Crippen molar-refractivity contribution >= 4 is 6.03 Å². The van der Waals surface area contributed by atoms with Crippen LogP contribution >= 0.6 is 0 Å². The second kappa shape index (κ2) is 8.31. The molecule has 0 aromatic carbocycles. The first-order valence-electron chi connectivity index (χ1n) is 7.10. The van der Waals surface area contributed by atoms with Crippen molar-refractivity contribution in [2.75, 3.05) is 13.1 Å². The number of carbonyl (C=O) groups excluding carboxylic acids is 1. The summed E-state index contributed by atoms with van der Waals surface area (Å²) in [6.07, 6.45) is 5.11. The highest BCUT2D eigenvalue weighted by molar-refractivity contribution is 5.73. The third-order valence-corrected chi connectivity index (χ3v) is 3.19. The van der Waals surface area contributed by atoms with Crippen molar-refractivity contribution in [2.24, 2.45) is 0 Å². The van der Waals surface area contributed by atoms with Crippen molar-refractivity contribution in [3.63, 3.8) is 0 Å². The Bertz CT molecular complexity index is 602. The first kappa shape index (κ1) is 17.8. The third-order valence-electron chi connectivity index (χ3n) is 3.19. The smallest absolute Gasteiger partial charge is 0.319 e. The van der Waals surface area contributed by atoms with Crippen molar-refractivity contribution < 1.29 is 22.4 Å². The van der Waals surface area contributed by atoms with Gasteiger partial charge in [0.25, 0.3) is 0 Å². The highest BCUT2D eigenvalue weighted by Gasteiger charge is 2.12. The van der Waals surface area contributed by atoms with E-state index in [1.54, 1.807) is 0 Å². The molecule has 132 valence electrons. The number of amides is 2. The van der Waals surface area contributed by atoms with Gasteiger partial charge in [-0.2, -0.15) is 17.6 Å². The van der Waals surface area contributed by atoms with Gasteiger partial charge in [0.1, 0.15) is 11.6 Å². The minimum Gasteiger partial charge on any atom is -0.338 e. The summed E-state index contributed by atoms with van der Waals surface area (Å²) in [6.45, 7) is -5.15. The van der Waals surface area contributed by atoms with E-state index in [-0.39, 0.29) is 37.6 Å². The van der Waals surface area contributed by atoms with Crippen LogP contribution in [0.1, 0.15) is 24.7 Å². The zero-order valence-corrected chi connectivity index (χ0v) is 12.5. The molecule has 0 bridgehead atoms. The number of urea groups is 1. The fourth-order valence-electron chi connectivity index (χ4n) is 2.07. The molecule has 0 aliphatic carbocycles. The number of nitrogens with one attached hydrogen (secondary N) is 2. The molecule has 0 fully saturated rings. The number of hydrogen-bond acceptors (Lipinski definition) is 3. The summed E-state index contributed by atoms with van der Waals surface area (Å²) < 4.78 is 51.8. The Kier molecular flexibility index (Phi) is 6.15. The average Bonchev–Trinajstić information content (AvgIpc) is 3.16. The largest absolute Gasteiger partial charge is 0.338 e. The molecular weight excluding hydrogens is 332 g/mol. The Labute approximate surface area is 134 Å². The van der Waals surface area contributed by atoms with E-state index in [0.29, 0.717) is 9.13 Å². The second-order valence-electron chi connectivity index (χ2n) is 4.74. The first-order chi connectivity index (χ1) is 11.5. The highest BCUT2D eigenvalue weighted by Crippen LogP contribution is 2.13. The van der Waals surface area contributed by atoms with Crippen LogP contribution in [0.4, 0.5) is 22.4 Å². The fraction of sp³-hybridized carbons (Fsp3) is 0.462. The molecule has 0 unspecified atom stereocenters. The standard InChI is InChI=1S/C13H16F4N6O/c14-11(15)22-7-5-18-9(22)1-3-20-13(24)21-4-2-10-19-6-8-23(10)12(16)17/h5-8,11-12H,1-4H2,(H2,20,21,24). The predicted molar refractivity (Wildman–Crippen MR) is 75.8 cm³/mol. The van der Waals surface area contributed by atoms with Crippen LogP contribution in [0.25, 0.3) is 0 Å². The van der Waals surface area contributed by atoms with Crippen LogP contribution in [0.2, 0.25) is 0 Å². The molecule has 7 nitrogen and oxygen atoms in total. The Hall–Kier alpha value is -2.59. The van der Waals surface area contributed by atoms with Crippen LogP contribution in [0.3, 0.4) is 0 Å². The molecule has 0 saturated heterocycles. The molecule has 24 heavy (non-hydrogen) atoms. The number of alkyl halides is 4. The van der Waals surface area contributed by atoms with E-state index in [9.17, 15) is 22.4 Å². The lowest BCUT2D eigenvalue weighted by atomic mass is 10.4. The molecule has 2 aromatic rings. The molecular formula is C13H16F4N6O. The topological polar surface area (TPSA) is 76.8 Å².